The monoisotopic (exact) mass is 279 g/mol. The fourth-order valence-corrected chi connectivity index (χ4v) is 2.36. The predicted octanol–water partition coefficient (Wildman–Crippen LogP) is 1.45. The summed E-state index contributed by atoms with van der Waals surface area (Å²) in [7, 11) is 0. The van der Waals surface area contributed by atoms with E-state index in [2.05, 4.69) is 10.4 Å². The van der Waals surface area contributed by atoms with E-state index in [9.17, 15) is 14.7 Å². The highest BCUT2D eigenvalue weighted by Gasteiger charge is 2.48. The van der Waals surface area contributed by atoms with Gasteiger partial charge in [0, 0.05) is 6.54 Å². The van der Waals surface area contributed by atoms with Crippen molar-refractivity contribution in [3.05, 3.63) is 17.5 Å². The number of aromatic nitrogens is 2. The van der Waals surface area contributed by atoms with Crippen molar-refractivity contribution in [3.8, 4) is 0 Å². The summed E-state index contributed by atoms with van der Waals surface area (Å²) >= 11 is 0. The number of nitrogens with zero attached hydrogens (tertiary/aromatic N) is 2. The highest BCUT2D eigenvalue weighted by atomic mass is 16.4. The normalized spacial score (nSPS) is 17.6. The molecule has 1 unspecified atom stereocenters. The van der Waals surface area contributed by atoms with E-state index in [1.165, 1.54) is 0 Å². The lowest BCUT2D eigenvalue weighted by Gasteiger charge is -2.26. The lowest BCUT2D eigenvalue weighted by atomic mass is 9.96. The van der Waals surface area contributed by atoms with E-state index in [0.717, 1.165) is 25.0 Å². The number of hydrogen-bond acceptors (Lipinski definition) is 3. The molecule has 0 aliphatic heterocycles. The molecule has 1 aromatic heterocycles. The van der Waals surface area contributed by atoms with Crippen LogP contribution in [0.5, 0.6) is 0 Å². The van der Waals surface area contributed by atoms with E-state index in [0.29, 0.717) is 12.2 Å². The molecule has 1 heterocycles. The molecule has 0 radical (unpaired) electrons. The summed E-state index contributed by atoms with van der Waals surface area (Å²) in [6.45, 7) is 6.03. The zero-order valence-electron chi connectivity index (χ0n) is 12.1. The molecule has 1 aromatic rings. The Morgan fingerprint density at radius 1 is 1.50 bits per heavy atom. The Morgan fingerprint density at radius 2 is 2.15 bits per heavy atom. The van der Waals surface area contributed by atoms with Crippen LogP contribution in [0.3, 0.4) is 0 Å². The molecular weight excluding hydrogens is 258 g/mol. The SMILES string of the molecule is CCc1cc(C(=O)NC(C)(C(=O)O)C2CC2)n(CC)n1. The van der Waals surface area contributed by atoms with E-state index >= 15 is 0 Å². The average molecular weight is 279 g/mol. The number of rotatable bonds is 6. The molecule has 1 aliphatic carbocycles. The van der Waals surface area contributed by atoms with Crippen LogP contribution in [0.15, 0.2) is 6.07 Å². The summed E-state index contributed by atoms with van der Waals surface area (Å²) in [6.07, 6.45) is 2.43. The minimum atomic E-state index is -1.19. The fraction of sp³-hybridized carbons (Fsp3) is 0.643. The third kappa shape index (κ3) is 2.55. The maximum atomic E-state index is 12.4. The van der Waals surface area contributed by atoms with Gasteiger partial charge in [0.25, 0.3) is 5.91 Å². The van der Waals surface area contributed by atoms with Gasteiger partial charge in [0.05, 0.1) is 5.69 Å². The van der Waals surface area contributed by atoms with Crippen LogP contribution in [0.4, 0.5) is 0 Å². The van der Waals surface area contributed by atoms with Gasteiger partial charge in [-0.25, -0.2) is 4.79 Å². The minimum absolute atomic E-state index is 0.0209. The Morgan fingerprint density at radius 3 is 2.60 bits per heavy atom. The molecule has 1 aliphatic rings. The van der Waals surface area contributed by atoms with Crippen LogP contribution in [0.25, 0.3) is 0 Å². The van der Waals surface area contributed by atoms with Crippen LogP contribution in [0, 0.1) is 5.92 Å². The van der Waals surface area contributed by atoms with Gasteiger partial charge in [-0.3, -0.25) is 9.48 Å². The Hall–Kier alpha value is -1.85. The maximum absolute atomic E-state index is 12.4. The second-order valence-electron chi connectivity index (χ2n) is 5.43. The Balaban J connectivity index is 2.23. The van der Waals surface area contributed by atoms with Crippen LogP contribution in [-0.2, 0) is 17.8 Å². The van der Waals surface area contributed by atoms with Crippen molar-refractivity contribution in [1.82, 2.24) is 15.1 Å². The van der Waals surface area contributed by atoms with Crippen molar-refractivity contribution in [2.24, 2.45) is 5.92 Å². The van der Waals surface area contributed by atoms with Crippen molar-refractivity contribution >= 4 is 11.9 Å². The lowest BCUT2D eigenvalue weighted by Crippen LogP contribution is -2.54. The second-order valence-corrected chi connectivity index (χ2v) is 5.43. The van der Waals surface area contributed by atoms with Gasteiger partial charge in [-0.2, -0.15) is 5.10 Å². The zero-order chi connectivity index (χ0) is 14.9. The fourth-order valence-electron chi connectivity index (χ4n) is 2.36. The van der Waals surface area contributed by atoms with Crippen molar-refractivity contribution < 1.29 is 14.7 Å². The van der Waals surface area contributed by atoms with Gasteiger partial charge in [-0.15, -0.1) is 0 Å². The highest BCUT2D eigenvalue weighted by molar-refractivity contribution is 5.96. The van der Waals surface area contributed by atoms with E-state index in [1.54, 1.807) is 17.7 Å². The molecule has 1 atom stereocenters. The number of hydrogen-bond donors (Lipinski definition) is 2. The first-order valence-electron chi connectivity index (χ1n) is 7.05. The van der Waals surface area contributed by atoms with E-state index in [4.69, 9.17) is 0 Å². The summed E-state index contributed by atoms with van der Waals surface area (Å²) < 4.78 is 1.61. The quantitative estimate of drug-likeness (QED) is 0.825. The van der Waals surface area contributed by atoms with Crippen LogP contribution in [-0.4, -0.2) is 32.3 Å². The molecule has 6 nitrogen and oxygen atoms in total. The van der Waals surface area contributed by atoms with Crippen molar-refractivity contribution in [1.29, 1.82) is 0 Å². The first-order valence-corrected chi connectivity index (χ1v) is 7.05. The molecule has 110 valence electrons. The van der Waals surface area contributed by atoms with Gasteiger partial charge in [0.2, 0.25) is 0 Å². The number of amides is 1. The van der Waals surface area contributed by atoms with Gasteiger partial charge >= 0.3 is 5.97 Å². The molecule has 20 heavy (non-hydrogen) atoms. The molecular formula is C14H21N3O3. The maximum Gasteiger partial charge on any atom is 0.329 e. The lowest BCUT2D eigenvalue weighted by molar-refractivity contribution is -0.144. The van der Waals surface area contributed by atoms with Gasteiger partial charge in [0.15, 0.2) is 0 Å². The molecule has 0 aromatic carbocycles. The Kier molecular flexibility index (Phi) is 3.83. The second kappa shape index (κ2) is 5.26. The third-order valence-electron chi connectivity index (χ3n) is 3.94. The number of nitrogens with one attached hydrogen (secondary N) is 1. The largest absolute Gasteiger partial charge is 0.480 e. The average Bonchev–Trinajstić information content (AvgIpc) is 3.18. The van der Waals surface area contributed by atoms with E-state index < -0.39 is 11.5 Å². The first kappa shape index (κ1) is 14.6. The molecule has 0 bridgehead atoms. The third-order valence-corrected chi connectivity index (χ3v) is 3.94. The number of aryl methyl sites for hydroxylation is 2. The summed E-state index contributed by atoms with van der Waals surface area (Å²) in [5.74, 6) is -1.32. The van der Waals surface area contributed by atoms with Gasteiger partial charge in [-0.1, -0.05) is 6.92 Å². The number of aliphatic carboxylic acids is 1. The Bertz CT molecular complexity index is 534. The minimum Gasteiger partial charge on any atom is -0.480 e. The summed E-state index contributed by atoms with van der Waals surface area (Å²) in [4.78, 5) is 23.8. The topological polar surface area (TPSA) is 84.2 Å². The van der Waals surface area contributed by atoms with Crippen LogP contribution >= 0.6 is 0 Å². The molecule has 6 heteroatoms. The molecule has 0 spiro atoms. The molecule has 1 amide bonds. The highest BCUT2D eigenvalue weighted by Crippen LogP contribution is 2.39. The molecule has 0 saturated heterocycles. The molecule has 2 N–H and O–H groups in total. The summed E-state index contributed by atoms with van der Waals surface area (Å²) in [5, 5.41) is 16.4. The van der Waals surface area contributed by atoms with Crippen molar-refractivity contribution in [2.75, 3.05) is 0 Å². The number of carbonyl (C=O) groups is 2. The van der Waals surface area contributed by atoms with Crippen LogP contribution < -0.4 is 5.32 Å². The predicted molar refractivity (Wildman–Crippen MR) is 73.5 cm³/mol. The Labute approximate surface area is 118 Å². The summed E-state index contributed by atoms with van der Waals surface area (Å²) in [6, 6.07) is 1.73. The zero-order valence-corrected chi connectivity index (χ0v) is 12.1. The van der Waals surface area contributed by atoms with Crippen molar-refractivity contribution in [3.63, 3.8) is 0 Å². The molecule has 1 fully saturated rings. The van der Waals surface area contributed by atoms with Crippen LogP contribution in [0.1, 0.15) is 49.8 Å². The standard InChI is InChI=1S/C14H21N3O3/c1-4-10-8-11(17(5-2)16-10)12(18)15-14(3,13(19)20)9-6-7-9/h8-9H,4-7H2,1-3H3,(H,15,18)(H,19,20). The van der Waals surface area contributed by atoms with E-state index in [1.807, 2.05) is 13.8 Å². The smallest absolute Gasteiger partial charge is 0.329 e. The number of carboxylic acids is 1. The first-order chi connectivity index (χ1) is 9.42. The van der Waals surface area contributed by atoms with E-state index in [-0.39, 0.29) is 11.8 Å². The number of carboxylic acid groups (broad SMARTS) is 1. The van der Waals surface area contributed by atoms with Crippen LogP contribution in [0.2, 0.25) is 0 Å². The van der Waals surface area contributed by atoms with Gasteiger partial charge in [0.1, 0.15) is 11.2 Å². The summed E-state index contributed by atoms with van der Waals surface area (Å²) in [5.41, 5.74) is 0.0738. The van der Waals surface area contributed by atoms with Gasteiger partial charge in [-0.05, 0) is 45.1 Å². The van der Waals surface area contributed by atoms with Gasteiger partial charge < -0.3 is 10.4 Å². The van der Waals surface area contributed by atoms with Crippen molar-refractivity contribution in [2.45, 2.75) is 52.1 Å². The number of carbonyl (C=O) groups excluding carboxylic acids is 1. The molecule has 1 saturated carbocycles. The molecule has 2 rings (SSSR count).